The maximum Gasteiger partial charge on any atom is 0.165 e. The highest BCUT2D eigenvalue weighted by Gasteiger charge is 2.42. The van der Waals surface area contributed by atoms with Crippen LogP contribution < -0.4 is 4.74 Å². The van der Waals surface area contributed by atoms with Crippen molar-refractivity contribution in [3.63, 3.8) is 0 Å². The average Bonchev–Trinajstić information content (AvgIpc) is 2.77. The third-order valence-corrected chi connectivity index (χ3v) is 5.30. The quantitative estimate of drug-likeness (QED) is 0.414. The molecule has 0 spiro atoms. The van der Waals surface area contributed by atoms with Crippen LogP contribution in [0, 0.1) is 41.7 Å². The van der Waals surface area contributed by atoms with Crippen LogP contribution in [-0.4, -0.2) is 23.9 Å². The zero-order valence-corrected chi connectivity index (χ0v) is 16.8. The molecule has 3 atom stereocenters. The topological polar surface area (TPSA) is 62.5 Å². The Morgan fingerprint density at radius 2 is 1.77 bits per heavy atom. The van der Waals surface area contributed by atoms with Gasteiger partial charge in [0.2, 0.25) is 0 Å². The molecule has 2 aliphatic heterocycles. The van der Waals surface area contributed by atoms with Gasteiger partial charge in [-0.05, 0) is 42.8 Å². The molecule has 0 saturated carbocycles. The summed E-state index contributed by atoms with van der Waals surface area (Å²) in [6.07, 6.45) is 7.97. The van der Waals surface area contributed by atoms with Crippen LogP contribution in [-0.2, 0) is 4.74 Å². The van der Waals surface area contributed by atoms with Gasteiger partial charge in [0.05, 0.1) is 12.7 Å². The number of ether oxygens (including phenoxy) is 2. The molecule has 2 aromatic rings. The molecule has 4 nitrogen and oxygen atoms in total. The summed E-state index contributed by atoms with van der Waals surface area (Å²) >= 11 is 6.30. The largest absolute Gasteiger partial charge is 0.490 e. The zero-order chi connectivity index (χ0) is 21.4. The van der Waals surface area contributed by atoms with E-state index in [1.165, 1.54) is 0 Å². The van der Waals surface area contributed by atoms with Crippen LogP contribution in [0.4, 0.5) is 8.78 Å². The molecular formula is C22H22ClF2NO3S. The lowest BCUT2D eigenvalue weighted by Gasteiger charge is -2.39. The molecule has 1 saturated heterocycles. The van der Waals surface area contributed by atoms with Crippen LogP contribution in [0.2, 0.25) is 5.02 Å². The number of terminal acetylenes is 1. The predicted octanol–water partition coefficient (Wildman–Crippen LogP) is 6.16. The minimum atomic E-state index is -0.612. The Bertz CT molecular complexity index is 886. The number of hydrogen-bond acceptors (Lipinski definition) is 5. The second kappa shape index (κ2) is 12.4. The number of benzene rings is 2. The molecule has 0 amide bonds. The van der Waals surface area contributed by atoms with Gasteiger partial charge in [-0.1, -0.05) is 19.0 Å². The fraction of sp³-hybridized carbons (Fsp3) is 0.318. The molecule has 1 fully saturated rings. The van der Waals surface area contributed by atoms with Crippen LogP contribution in [0.1, 0.15) is 25.3 Å². The lowest BCUT2D eigenvalue weighted by molar-refractivity contribution is -0.0310. The van der Waals surface area contributed by atoms with Gasteiger partial charge in [-0.15, -0.1) is 12.8 Å². The predicted molar refractivity (Wildman–Crippen MR) is 115 cm³/mol. The minimum Gasteiger partial charge on any atom is -0.490 e. The van der Waals surface area contributed by atoms with Crippen LogP contribution in [0.3, 0.4) is 0 Å². The van der Waals surface area contributed by atoms with Crippen molar-refractivity contribution in [3.05, 3.63) is 58.6 Å². The van der Waals surface area contributed by atoms with Crippen LogP contribution in [0.25, 0.3) is 0 Å². The number of hydrogen-bond donors (Lipinski definition) is 1. The molecule has 1 N–H and O–H groups in total. The number of halogens is 3. The molecule has 0 radical (unpaired) electrons. The van der Waals surface area contributed by atoms with Crippen molar-refractivity contribution < 1.29 is 22.8 Å². The smallest absolute Gasteiger partial charge is 0.165 e. The summed E-state index contributed by atoms with van der Waals surface area (Å²) in [7, 11) is 0. The fourth-order valence-electron chi connectivity index (χ4n) is 3.28. The van der Waals surface area contributed by atoms with Gasteiger partial charge in [0.1, 0.15) is 5.82 Å². The summed E-state index contributed by atoms with van der Waals surface area (Å²) in [5.41, 5.74) is 0.259. The summed E-state index contributed by atoms with van der Waals surface area (Å²) in [5, 5.41) is 9.69. The summed E-state index contributed by atoms with van der Waals surface area (Å²) in [5.74, 6) is -1.46. The van der Waals surface area contributed by atoms with Gasteiger partial charge < -0.3 is 14.0 Å². The van der Waals surface area contributed by atoms with Crippen molar-refractivity contribution in [1.29, 1.82) is 5.26 Å². The molecule has 8 heteroatoms. The van der Waals surface area contributed by atoms with Crippen molar-refractivity contribution in [2.45, 2.75) is 30.8 Å². The molecule has 30 heavy (non-hydrogen) atoms. The van der Waals surface area contributed by atoms with E-state index >= 15 is 0 Å². The van der Waals surface area contributed by atoms with E-state index in [9.17, 15) is 8.78 Å². The van der Waals surface area contributed by atoms with Gasteiger partial charge in [0.25, 0.3) is 0 Å². The number of nitriles is 1. The van der Waals surface area contributed by atoms with Crippen molar-refractivity contribution in [3.8, 4) is 24.7 Å². The van der Waals surface area contributed by atoms with E-state index in [2.05, 4.69) is 12.8 Å². The number of fused-ring (bicyclic) bond motifs is 3. The molecule has 2 aromatic carbocycles. The van der Waals surface area contributed by atoms with Crippen molar-refractivity contribution in [2.75, 3.05) is 13.2 Å². The first-order chi connectivity index (χ1) is 14.0. The molecule has 2 heterocycles. The fourth-order valence-corrected chi connectivity index (χ4v) is 3.67. The Morgan fingerprint density at radius 3 is 2.37 bits per heavy atom. The Balaban J connectivity index is 0.000000320. The monoisotopic (exact) mass is 453 g/mol. The Kier molecular flexibility index (Phi) is 10.7. The van der Waals surface area contributed by atoms with E-state index in [-0.39, 0.29) is 37.2 Å². The summed E-state index contributed by atoms with van der Waals surface area (Å²) in [6.45, 7) is 0.574. The average molecular weight is 454 g/mol. The molecular weight excluding hydrogens is 432 g/mol. The second-order valence-corrected chi connectivity index (χ2v) is 7.20. The van der Waals surface area contributed by atoms with Crippen LogP contribution in [0.15, 0.2) is 41.3 Å². The zero-order valence-electron chi connectivity index (χ0n) is 15.2. The molecule has 4 rings (SSSR count). The van der Waals surface area contributed by atoms with Gasteiger partial charge >= 0.3 is 0 Å². The standard InChI is InChI=1S/C13H11F2NO2.C6H5ClOS.C2H2.CH4/c14-9-1-2-10(15)13-12(9)7-3-4-17-11(5-16)8(7)6-18-13;7-5-1-3-6(9-8)4-2-5;1-2;/h1-2,7-8,11H,3-4,6H2;1-4,8H;1-2H;1H4/t7?,8?,11-;;;/m1.../s1. The van der Waals surface area contributed by atoms with Crippen LogP contribution in [0.5, 0.6) is 5.75 Å². The van der Waals surface area contributed by atoms with E-state index in [0.29, 0.717) is 18.1 Å². The van der Waals surface area contributed by atoms with Crippen molar-refractivity contribution in [2.24, 2.45) is 5.92 Å². The molecule has 0 bridgehead atoms. The minimum absolute atomic E-state index is 0. The van der Waals surface area contributed by atoms with Crippen molar-refractivity contribution >= 4 is 23.6 Å². The number of rotatable bonds is 1. The third kappa shape index (κ3) is 5.87. The van der Waals surface area contributed by atoms with Gasteiger partial charge in [-0.3, -0.25) is 0 Å². The first kappa shape index (κ1) is 25.7. The molecule has 0 aromatic heterocycles. The Morgan fingerprint density at radius 1 is 1.13 bits per heavy atom. The van der Waals surface area contributed by atoms with E-state index in [4.69, 9.17) is 30.9 Å². The lowest BCUT2D eigenvalue weighted by Crippen LogP contribution is -2.41. The normalized spacial score (nSPS) is 20.8. The Hall–Kier alpha value is -2.29. The highest BCUT2D eigenvalue weighted by molar-refractivity contribution is 7.93. The Labute approximate surface area is 185 Å². The highest BCUT2D eigenvalue weighted by Crippen LogP contribution is 2.45. The van der Waals surface area contributed by atoms with Gasteiger partial charge in [0, 0.05) is 46.0 Å². The SMILES string of the molecule is C.C#C.N#C[C@H]1OCCC2c3c(F)ccc(F)c3OCC21.OSc1ccc(Cl)cc1. The maximum atomic E-state index is 13.9. The van der Waals surface area contributed by atoms with Gasteiger partial charge in [-0.25, -0.2) is 8.78 Å². The van der Waals surface area contributed by atoms with E-state index in [0.717, 1.165) is 29.1 Å². The first-order valence-electron chi connectivity index (χ1n) is 8.57. The summed E-state index contributed by atoms with van der Waals surface area (Å²) in [4.78, 5) is 0.805. The van der Waals surface area contributed by atoms with Crippen molar-refractivity contribution in [1.82, 2.24) is 0 Å². The van der Waals surface area contributed by atoms with E-state index < -0.39 is 17.7 Å². The van der Waals surface area contributed by atoms with Gasteiger partial charge in [0.15, 0.2) is 17.7 Å². The highest BCUT2D eigenvalue weighted by atomic mass is 35.5. The molecule has 2 unspecified atom stereocenters. The molecule has 160 valence electrons. The number of nitrogens with zero attached hydrogens (tertiary/aromatic N) is 1. The van der Waals surface area contributed by atoms with Gasteiger partial charge in [-0.2, -0.15) is 5.26 Å². The molecule has 0 aliphatic carbocycles. The maximum absolute atomic E-state index is 13.9. The summed E-state index contributed by atoms with van der Waals surface area (Å²) < 4.78 is 46.6. The van der Waals surface area contributed by atoms with E-state index in [1.807, 2.05) is 6.07 Å². The van der Waals surface area contributed by atoms with E-state index in [1.54, 1.807) is 24.3 Å². The molecule has 2 aliphatic rings. The second-order valence-electron chi connectivity index (χ2n) is 6.11. The first-order valence-corrected chi connectivity index (χ1v) is 9.72. The lowest BCUT2D eigenvalue weighted by atomic mass is 9.77. The summed E-state index contributed by atoms with van der Waals surface area (Å²) in [6, 6.07) is 11.2. The van der Waals surface area contributed by atoms with Crippen LogP contribution >= 0.6 is 23.6 Å². The third-order valence-electron chi connectivity index (χ3n) is 4.56.